The average molecular weight is 325 g/mol. The largest absolute Gasteiger partial charge is 0.460 e. The van der Waals surface area contributed by atoms with E-state index in [-0.39, 0.29) is 19.8 Å². The first kappa shape index (κ1) is 17.3. The second kappa shape index (κ2) is 9.84. The second-order valence-corrected chi connectivity index (χ2v) is 4.91. The number of hydrogen-bond donors (Lipinski definition) is 1. The normalized spacial score (nSPS) is 10.3. The van der Waals surface area contributed by atoms with E-state index in [0.717, 1.165) is 11.1 Å². The zero-order chi connectivity index (χ0) is 17.0. The van der Waals surface area contributed by atoms with Crippen LogP contribution >= 0.6 is 0 Å². The van der Waals surface area contributed by atoms with E-state index in [2.05, 4.69) is 5.32 Å². The standard InChI is InChI=1S/C19H19NO4/c21-18(23-13-7-12-16-8-3-1-4-9-16)14-20-19(22)24-15-17-10-5-2-6-11-17/h1-12H,13-15H2,(H,20,22). The molecule has 2 aromatic carbocycles. The van der Waals surface area contributed by atoms with Gasteiger partial charge >= 0.3 is 12.1 Å². The number of alkyl carbamates (subject to hydrolysis) is 1. The van der Waals surface area contributed by atoms with Crippen LogP contribution in [0.4, 0.5) is 4.79 Å². The van der Waals surface area contributed by atoms with E-state index < -0.39 is 12.1 Å². The van der Waals surface area contributed by atoms with E-state index in [1.54, 1.807) is 6.08 Å². The van der Waals surface area contributed by atoms with E-state index in [4.69, 9.17) is 9.47 Å². The van der Waals surface area contributed by atoms with Crippen molar-refractivity contribution in [2.45, 2.75) is 6.61 Å². The minimum Gasteiger partial charge on any atom is -0.460 e. The molecule has 0 aliphatic rings. The summed E-state index contributed by atoms with van der Waals surface area (Å²) in [5.74, 6) is -0.524. The lowest BCUT2D eigenvalue weighted by molar-refractivity contribution is -0.141. The van der Waals surface area contributed by atoms with Crippen molar-refractivity contribution in [2.24, 2.45) is 0 Å². The highest BCUT2D eigenvalue weighted by Gasteiger charge is 2.06. The summed E-state index contributed by atoms with van der Waals surface area (Å²) in [4.78, 5) is 23.0. The summed E-state index contributed by atoms with van der Waals surface area (Å²) in [5, 5.41) is 2.35. The van der Waals surface area contributed by atoms with Gasteiger partial charge in [-0.2, -0.15) is 0 Å². The number of carbonyl (C=O) groups excluding carboxylic acids is 2. The zero-order valence-corrected chi connectivity index (χ0v) is 13.2. The highest BCUT2D eigenvalue weighted by Crippen LogP contribution is 2.01. The van der Waals surface area contributed by atoms with Crippen molar-refractivity contribution in [3.63, 3.8) is 0 Å². The molecule has 0 fully saturated rings. The second-order valence-electron chi connectivity index (χ2n) is 4.91. The van der Waals surface area contributed by atoms with Crippen molar-refractivity contribution in [2.75, 3.05) is 13.2 Å². The molecule has 0 aromatic heterocycles. The Morgan fingerprint density at radius 1 is 0.917 bits per heavy atom. The minimum atomic E-state index is -0.657. The Kier molecular flexibility index (Phi) is 7.08. The van der Waals surface area contributed by atoms with Crippen LogP contribution in [0.5, 0.6) is 0 Å². The molecule has 2 rings (SSSR count). The number of benzene rings is 2. The van der Waals surface area contributed by atoms with E-state index >= 15 is 0 Å². The molecule has 0 heterocycles. The molecule has 5 heteroatoms. The van der Waals surface area contributed by atoms with Gasteiger partial charge in [-0.15, -0.1) is 0 Å². The zero-order valence-electron chi connectivity index (χ0n) is 13.2. The van der Waals surface area contributed by atoms with Gasteiger partial charge in [0, 0.05) is 0 Å². The third-order valence-electron chi connectivity index (χ3n) is 3.04. The molecule has 5 nitrogen and oxygen atoms in total. The lowest BCUT2D eigenvalue weighted by atomic mass is 10.2. The summed E-state index contributed by atoms with van der Waals surface area (Å²) in [5.41, 5.74) is 1.90. The third kappa shape index (κ3) is 6.79. The fourth-order valence-corrected chi connectivity index (χ4v) is 1.86. The predicted molar refractivity (Wildman–Crippen MR) is 91.1 cm³/mol. The van der Waals surface area contributed by atoms with Gasteiger partial charge in [0.15, 0.2) is 0 Å². The van der Waals surface area contributed by atoms with Crippen LogP contribution in [0.15, 0.2) is 66.7 Å². The summed E-state index contributed by atoms with van der Waals surface area (Å²) in [6, 6.07) is 19.0. The van der Waals surface area contributed by atoms with Gasteiger partial charge in [0.25, 0.3) is 0 Å². The first-order valence-electron chi connectivity index (χ1n) is 7.56. The van der Waals surface area contributed by atoms with Crippen molar-refractivity contribution in [1.82, 2.24) is 5.32 Å². The highest BCUT2D eigenvalue weighted by molar-refractivity contribution is 5.77. The molecule has 0 aliphatic heterocycles. The molecule has 124 valence electrons. The van der Waals surface area contributed by atoms with E-state index in [0.29, 0.717) is 0 Å². The minimum absolute atomic E-state index is 0.147. The molecular weight excluding hydrogens is 306 g/mol. The first-order valence-corrected chi connectivity index (χ1v) is 7.56. The Bertz CT molecular complexity index is 668. The molecule has 24 heavy (non-hydrogen) atoms. The fraction of sp³-hybridized carbons (Fsp3) is 0.158. The number of esters is 1. The number of amides is 1. The van der Waals surface area contributed by atoms with Crippen LogP contribution in [0.3, 0.4) is 0 Å². The van der Waals surface area contributed by atoms with Crippen molar-refractivity contribution in [3.8, 4) is 0 Å². The van der Waals surface area contributed by atoms with Crippen molar-refractivity contribution in [3.05, 3.63) is 77.9 Å². The Balaban J connectivity index is 1.59. The van der Waals surface area contributed by atoms with Gasteiger partial charge in [0.2, 0.25) is 0 Å². The van der Waals surface area contributed by atoms with Crippen LogP contribution in [0.25, 0.3) is 6.08 Å². The van der Waals surface area contributed by atoms with Crippen LogP contribution < -0.4 is 5.32 Å². The molecule has 0 radical (unpaired) electrons. The lowest BCUT2D eigenvalue weighted by Crippen LogP contribution is -2.31. The SMILES string of the molecule is O=C(CNC(=O)OCc1ccccc1)OCC=Cc1ccccc1. The van der Waals surface area contributed by atoms with E-state index in [1.165, 1.54) is 0 Å². The Morgan fingerprint density at radius 2 is 1.58 bits per heavy atom. The van der Waals surface area contributed by atoms with Crippen LogP contribution in [0, 0.1) is 0 Å². The summed E-state index contributed by atoms with van der Waals surface area (Å²) in [7, 11) is 0. The van der Waals surface area contributed by atoms with Gasteiger partial charge in [-0.3, -0.25) is 4.79 Å². The molecule has 0 atom stereocenters. The number of hydrogen-bond acceptors (Lipinski definition) is 4. The lowest BCUT2D eigenvalue weighted by Gasteiger charge is -2.06. The Morgan fingerprint density at radius 3 is 2.29 bits per heavy atom. The Labute approximate surface area is 140 Å². The maximum atomic E-state index is 11.5. The van der Waals surface area contributed by atoms with Crippen LogP contribution in [-0.4, -0.2) is 25.2 Å². The molecule has 0 saturated heterocycles. The van der Waals surface area contributed by atoms with Crippen LogP contribution in [0.2, 0.25) is 0 Å². The number of nitrogens with one attached hydrogen (secondary N) is 1. The molecule has 1 N–H and O–H groups in total. The maximum absolute atomic E-state index is 11.5. The smallest absolute Gasteiger partial charge is 0.407 e. The number of rotatable bonds is 7. The molecule has 1 amide bonds. The number of carbonyl (C=O) groups is 2. The van der Waals surface area contributed by atoms with E-state index in [1.807, 2.05) is 66.7 Å². The van der Waals surface area contributed by atoms with Gasteiger partial charge in [-0.25, -0.2) is 4.79 Å². The van der Waals surface area contributed by atoms with Gasteiger partial charge < -0.3 is 14.8 Å². The van der Waals surface area contributed by atoms with Crippen LogP contribution in [-0.2, 0) is 20.9 Å². The maximum Gasteiger partial charge on any atom is 0.407 e. The van der Waals surface area contributed by atoms with Gasteiger partial charge in [-0.1, -0.05) is 66.7 Å². The summed E-state index contributed by atoms with van der Waals surface area (Å²) in [6.45, 7) is 0.0722. The van der Waals surface area contributed by atoms with Gasteiger partial charge in [0.1, 0.15) is 19.8 Å². The number of ether oxygens (including phenoxy) is 2. The molecule has 2 aromatic rings. The monoisotopic (exact) mass is 325 g/mol. The van der Waals surface area contributed by atoms with Gasteiger partial charge in [-0.05, 0) is 17.2 Å². The summed E-state index contributed by atoms with van der Waals surface area (Å²) < 4.78 is 9.97. The molecular formula is C19H19NO4. The predicted octanol–water partition coefficient (Wildman–Crippen LogP) is 3.17. The average Bonchev–Trinajstić information content (AvgIpc) is 2.63. The quantitative estimate of drug-likeness (QED) is 0.794. The van der Waals surface area contributed by atoms with Crippen molar-refractivity contribution >= 4 is 18.1 Å². The van der Waals surface area contributed by atoms with Gasteiger partial charge in [0.05, 0.1) is 0 Å². The van der Waals surface area contributed by atoms with Crippen molar-refractivity contribution in [1.29, 1.82) is 0 Å². The van der Waals surface area contributed by atoms with E-state index in [9.17, 15) is 9.59 Å². The molecule has 0 spiro atoms. The molecule has 0 saturated carbocycles. The topological polar surface area (TPSA) is 64.6 Å². The molecule has 0 aliphatic carbocycles. The summed E-state index contributed by atoms with van der Waals surface area (Å²) in [6.07, 6.45) is 2.94. The van der Waals surface area contributed by atoms with Crippen molar-refractivity contribution < 1.29 is 19.1 Å². The highest BCUT2D eigenvalue weighted by atomic mass is 16.6. The molecule has 0 bridgehead atoms. The third-order valence-corrected chi connectivity index (χ3v) is 3.04. The molecule has 0 unspecified atom stereocenters. The fourth-order valence-electron chi connectivity index (χ4n) is 1.86. The Hall–Kier alpha value is -3.08. The van der Waals surface area contributed by atoms with Crippen LogP contribution in [0.1, 0.15) is 11.1 Å². The summed E-state index contributed by atoms with van der Waals surface area (Å²) >= 11 is 0. The first-order chi connectivity index (χ1) is 11.7.